The van der Waals surface area contributed by atoms with Crippen LogP contribution in [-0.4, -0.2) is 10.9 Å². The lowest BCUT2D eigenvalue weighted by atomic mass is 10.0. The number of aromatic nitrogens is 1. The third kappa shape index (κ3) is 2.83. The fourth-order valence-corrected chi connectivity index (χ4v) is 2.23. The topological polar surface area (TPSA) is 75.1 Å². The van der Waals surface area contributed by atoms with Crippen LogP contribution in [0, 0.1) is 0 Å². The number of furan rings is 1. The predicted octanol–water partition coefficient (Wildman–Crippen LogP) is 2.56. The third-order valence-corrected chi connectivity index (χ3v) is 3.28. The van der Waals surface area contributed by atoms with Gasteiger partial charge in [0.25, 0.3) is 11.5 Å². The van der Waals surface area contributed by atoms with Crippen molar-refractivity contribution < 1.29 is 9.21 Å². The molecule has 0 fully saturated rings. The SMILES string of the molecule is O=C(NCc1ccco1)c1c(-c2ccccc2)cc[nH]c1=O. The number of hydrogen-bond donors (Lipinski definition) is 2. The number of amides is 1. The minimum Gasteiger partial charge on any atom is -0.467 e. The first-order valence-electron chi connectivity index (χ1n) is 6.83. The largest absolute Gasteiger partial charge is 0.467 e. The molecule has 0 bridgehead atoms. The summed E-state index contributed by atoms with van der Waals surface area (Å²) in [4.78, 5) is 27.0. The second-order valence-electron chi connectivity index (χ2n) is 4.72. The third-order valence-electron chi connectivity index (χ3n) is 3.28. The van der Waals surface area contributed by atoms with E-state index in [4.69, 9.17) is 4.42 Å². The normalized spacial score (nSPS) is 10.4. The van der Waals surface area contributed by atoms with Gasteiger partial charge in [0, 0.05) is 11.8 Å². The van der Waals surface area contributed by atoms with Crippen LogP contribution in [0.1, 0.15) is 16.1 Å². The number of aromatic amines is 1. The number of rotatable bonds is 4. The molecule has 0 spiro atoms. The number of H-pyrrole nitrogens is 1. The first-order valence-corrected chi connectivity index (χ1v) is 6.83. The van der Waals surface area contributed by atoms with Gasteiger partial charge in [-0.15, -0.1) is 0 Å². The zero-order valence-electron chi connectivity index (χ0n) is 11.7. The van der Waals surface area contributed by atoms with Crippen LogP contribution in [0.4, 0.5) is 0 Å². The summed E-state index contributed by atoms with van der Waals surface area (Å²) < 4.78 is 5.16. The Bertz CT molecular complexity index is 821. The van der Waals surface area contributed by atoms with Crippen LogP contribution in [-0.2, 0) is 6.54 Å². The molecule has 2 heterocycles. The summed E-state index contributed by atoms with van der Waals surface area (Å²) >= 11 is 0. The monoisotopic (exact) mass is 294 g/mol. The number of nitrogens with one attached hydrogen (secondary N) is 2. The minimum atomic E-state index is -0.433. The lowest BCUT2D eigenvalue weighted by Crippen LogP contribution is -2.29. The smallest absolute Gasteiger partial charge is 0.261 e. The molecule has 0 aliphatic rings. The van der Waals surface area contributed by atoms with E-state index < -0.39 is 11.5 Å². The molecule has 2 aromatic heterocycles. The highest BCUT2D eigenvalue weighted by molar-refractivity contribution is 6.00. The molecule has 1 amide bonds. The van der Waals surface area contributed by atoms with Crippen LogP contribution in [0.5, 0.6) is 0 Å². The lowest BCUT2D eigenvalue weighted by molar-refractivity contribution is 0.0947. The molecule has 1 aromatic carbocycles. The minimum absolute atomic E-state index is 0.0975. The molecule has 0 aliphatic heterocycles. The summed E-state index contributed by atoms with van der Waals surface area (Å²) in [5.41, 5.74) is 1.09. The zero-order chi connectivity index (χ0) is 15.4. The number of hydrogen-bond acceptors (Lipinski definition) is 3. The quantitative estimate of drug-likeness (QED) is 0.776. The van der Waals surface area contributed by atoms with Gasteiger partial charge < -0.3 is 14.7 Å². The summed E-state index contributed by atoms with van der Waals surface area (Å²) in [6, 6.07) is 14.5. The van der Waals surface area contributed by atoms with E-state index in [1.54, 1.807) is 18.2 Å². The van der Waals surface area contributed by atoms with E-state index in [9.17, 15) is 9.59 Å². The van der Waals surface area contributed by atoms with Crippen molar-refractivity contribution in [2.24, 2.45) is 0 Å². The van der Waals surface area contributed by atoms with Crippen molar-refractivity contribution in [2.45, 2.75) is 6.54 Å². The second-order valence-corrected chi connectivity index (χ2v) is 4.72. The second kappa shape index (κ2) is 6.13. The highest BCUT2D eigenvalue weighted by atomic mass is 16.3. The van der Waals surface area contributed by atoms with Crippen molar-refractivity contribution in [1.82, 2.24) is 10.3 Å². The van der Waals surface area contributed by atoms with Gasteiger partial charge in [0.05, 0.1) is 12.8 Å². The summed E-state index contributed by atoms with van der Waals surface area (Å²) in [6.07, 6.45) is 3.07. The molecule has 3 rings (SSSR count). The van der Waals surface area contributed by atoms with Gasteiger partial charge in [-0.2, -0.15) is 0 Å². The van der Waals surface area contributed by atoms with Crippen LogP contribution < -0.4 is 10.9 Å². The lowest BCUT2D eigenvalue weighted by Gasteiger charge is -2.08. The van der Waals surface area contributed by atoms with Gasteiger partial charge in [-0.25, -0.2) is 0 Å². The van der Waals surface area contributed by atoms with Crippen molar-refractivity contribution in [2.75, 3.05) is 0 Å². The first kappa shape index (κ1) is 13.9. The van der Waals surface area contributed by atoms with E-state index in [0.29, 0.717) is 11.3 Å². The van der Waals surface area contributed by atoms with E-state index in [0.717, 1.165) is 5.56 Å². The number of carbonyl (C=O) groups is 1. The fourth-order valence-electron chi connectivity index (χ4n) is 2.23. The highest BCUT2D eigenvalue weighted by Crippen LogP contribution is 2.20. The fraction of sp³-hybridized carbons (Fsp3) is 0.0588. The van der Waals surface area contributed by atoms with Crippen LogP contribution >= 0.6 is 0 Å². The van der Waals surface area contributed by atoms with Gasteiger partial charge in [-0.1, -0.05) is 30.3 Å². The first-order chi connectivity index (χ1) is 10.8. The maximum Gasteiger partial charge on any atom is 0.261 e. The maximum atomic E-state index is 12.4. The van der Waals surface area contributed by atoms with E-state index in [1.807, 2.05) is 30.3 Å². The molecule has 0 unspecified atom stereocenters. The molecule has 2 N–H and O–H groups in total. The van der Waals surface area contributed by atoms with Crippen molar-refractivity contribution in [3.8, 4) is 11.1 Å². The van der Waals surface area contributed by atoms with Crippen LogP contribution in [0.25, 0.3) is 11.1 Å². The van der Waals surface area contributed by atoms with Crippen LogP contribution in [0.3, 0.4) is 0 Å². The summed E-state index contributed by atoms with van der Waals surface area (Å²) in [5.74, 6) is 0.194. The number of pyridine rings is 1. The van der Waals surface area contributed by atoms with E-state index in [-0.39, 0.29) is 12.1 Å². The molecule has 0 aliphatic carbocycles. The van der Waals surface area contributed by atoms with Crippen molar-refractivity contribution in [1.29, 1.82) is 0 Å². The molecular formula is C17H14N2O3. The van der Waals surface area contributed by atoms with Crippen molar-refractivity contribution in [3.05, 3.63) is 82.7 Å². The Morgan fingerprint density at radius 3 is 2.64 bits per heavy atom. The number of carbonyl (C=O) groups excluding carboxylic acids is 1. The van der Waals surface area contributed by atoms with Crippen LogP contribution in [0.15, 0.2) is 70.2 Å². The molecule has 22 heavy (non-hydrogen) atoms. The Morgan fingerprint density at radius 2 is 1.91 bits per heavy atom. The van der Waals surface area contributed by atoms with E-state index in [1.165, 1.54) is 12.5 Å². The van der Waals surface area contributed by atoms with Gasteiger partial charge in [-0.05, 0) is 23.8 Å². The predicted molar refractivity (Wildman–Crippen MR) is 82.4 cm³/mol. The van der Waals surface area contributed by atoms with Crippen LogP contribution in [0.2, 0.25) is 0 Å². The van der Waals surface area contributed by atoms with Gasteiger partial charge >= 0.3 is 0 Å². The van der Waals surface area contributed by atoms with Gasteiger partial charge in [0.15, 0.2) is 0 Å². The van der Waals surface area contributed by atoms with Gasteiger partial charge in [0.2, 0.25) is 0 Å². The summed E-state index contributed by atoms with van der Waals surface area (Å²) in [7, 11) is 0. The average molecular weight is 294 g/mol. The van der Waals surface area contributed by atoms with E-state index in [2.05, 4.69) is 10.3 Å². The Morgan fingerprint density at radius 1 is 1.09 bits per heavy atom. The van der Waals surface area contributed by atoms with Crippen molar-refractivity contribution in [3.63, 3.8) is 0 Å². The Hall–Kier alpha value is -3.08. The Balaban J connectivity index is 1.92. The molecule has 110 valence electrons. The molecule has 0 saturated heterocycles. The maximum absolute atomic E-state index is 12.4. The molecule has 0 saturated carbocycles. The average Bonchev–Trinajstić information content (AvgIpc) is 3.06. The molecule has 0 atom stereocenters. The number of benzene rings is 1. The standard InChI is InChI=1S/C17H14N2O3/c20-16-15(17(21)19-11-13-7-4-10-22-13)14(8-9-18-16)12-5-2-1-3-6-12/h1-10H,11H2,(H,18,20)(H,19,21). The molecule has 5 nitrogen and oxygen atoms in total. The summed E-state index contributed by atoms with van der Waals surface area (Å²) in [5, 5.41) is 2.70. The Kier molecular flexibility index (Phi) is 3.87. The molecule has 5 heteroatoms. The molecule has 0 radical (unpaired) electrons. The van der Waals surface area contributed by atoms with Crippen molar-refractivity contribution >= 4 is 5.91 Å². The van der Waals surface area contributed by atoms with E-state index >= 15 is 0 Å². The zero-order valence-corrected chi connectivity index (χ0v) is 11.7. The van der Waals surface area contributed by atoms with Gasteiger partial charge in [0.1, 0.15) is 11.3 Å². The Labute approximate surface area is 126 Å². The highest BCUT2D eigenvalue weighted by Gasteiger charge is 2.16. The summed E-state index contributed by atoms with van der Waals surface area (Å²) in [6.45, 7) is 0.231. The van der Waals surface area contributed by atoms with Gasteiger partial charge in [-0.3, -0.25) is 9.59 Å². The molecule has 3 aromatic rings. The molecular weight excluding hydrogens is 280 g/mol.